The minimum Gasteiger partial charge on any atom is -0.491 e. The summed E-state index contributed by atoms with van der Waals surface area (Å²) < 4.78 is 9.59. The molecule has 3 aromatic rings. The molecule has 4 nitrogen and oxygen atoms in total. The van der Waals surface area contributed by atoms with E-state index in [0.29, 0.717) is 12.2 Å². The number of halogens is 3. The zero-order valence-corrected chi connectivity index (χ0v) is 22.9. The first-order chi connectivity index (χ1) is 15.0. The molecule has 0 aliphatic rings. The first-order valence-electron chi connectivity index (χ1n) is 11.0. The number of carbonyl (C=O) groups excluding carboxylic acids is 1. The van der Waals surface area contributed by atoms with E-state index in [-0.39, 0.29) is 18.2 Å². The van der Waals surface area contributed by atoms with Crippen molar-refractivity contribution in [3.63, 3.8) is 0 Å². The van der Waals surface area contributed by atoms with Crippen LogP contribution < -0.4 is 4.74 Å². The van der Waals surface area contributed by atoms with Crippen LogP contribution in [0.4, 0.5) is 0 Å². The summed E-state index contributed by atoms with van der Waals surface area (Å²) in [7, 11) is 0. The lowest BCUT2D eigenvalue weighted by atomic mass is 10.0. The second-order valence-electron chi connectivity index (χ2n) is 7.59. The average molecular weight is 587 g/mol. The minimum atomic E-state index is 0. The predicted molar refractivity (Wildman–Crippen MR) is 142 cm³/mol. The van der Waals surface area contributed by atoms with Crippen molar-refractivity contribution < 1.29 is 9.53 Å². The van der Waals surface area contributed by atoms with Gasteiger partial charge >= 0.3 is 0 Å². The van der Waals surface area contributed by atoms with Crippen molar-refractivity contribution in [3.8, 4) is 5.75 Å². The predicted octanol–water partition coefficient (Wildman–Crippen LogP) is 7.18. The van der Waals surface area contributed by atoms with Gasteiger partial charge in [0.2, 0.25) is 5.78 Å². The molecule has 0 atom stereocenters. The van der Waals surface area contributed by atoms with Gasteiger partial charge in [-0.2, -0.15) is 0 Å². The van der Waals surface area contributed by atoms with E-state index in [1.54, 1.807) is 0 Å². The van der Waals surface area contributed by atoms with Crippen molar-refractivity contribution in [2.75, 3.05) is 26.2 Å². The van der Waals surface area contributed by atoms with E-state index in [9.17, 15) is 4.79 Å². The number of ketones is 1. The van der Waals surface area contributed by atoms with Crippen LogP contribution in [-0.2, 0) is 6.42 Å². The molecule has 0 saturated carbocycles. The molecule has 2 aromatic heterocycles. The Morgan fingerprint density at radius 3 is 2.38 bits per heavy atom. The molecule has 0 radical (unpaired) electrons. The van der Waals surface area contributed by atoms with E-state index in [1.807, 2.05) is 40.9 Å². The van der Waals surface area contributed by atoms with Crippen LogP contribution in [0.5, 0.6) is 5.75 Å². The third-order valence-electron chi connectivity index (χ3n) is 5.51. The number of aryl methyl sites for hydroxylation is 1. The smallest absolute Gasteiger partial charge is 0.210 e. The highest BCUT2D eigenvalue weighted by Gasteiger charge is 2.21. The van der Waals surface area contributed by atoms with Gasteiger partial charge in [0, 0.05) is 23.8 Å². The van der Waals surface area contributed by atoms with Gasteiger partial charge in [0.15, 0.2) is 0 Å². The van der Waals surface area contributed by atoms with Crippen molar-refractivity contribution in [1.82, 2.24) is 9.30 Å². The number of aromatic nitrogens is 1. The maximum absolute atomic E-state index is 13.5. The van der Waals surface area contributed by atoms with Crippen LogP contribution in [-0.4, -0.2) is 41.3 Å². The van der Waals surface area contributed by atoms with E-state index >= 15 is 0 Å². The van der Waals surface area contributed by atoms with E-state index in [1.165, 1.54) is 0 Å². The molecule has 174 valence electrons. The average Bonchev–Trinajstić information content (AvgIpc) is 3.13. The molecule has 0 aliphatic heterocycles. The lowest BCUT2D eigenvalue weighted by Crippen LogP contribution is -2.25. The molecule has 0 fully saturated rings. The Bertz CT molecular complexity index is 1020. The Morgan fingerprint density at radius 1 is 1.06 bits per heavy atom. The molecule has 1 aromatic carbocycles. The van der Waals surface area contributed by atoms with E-state index < -0.39 is 0 Å². The summed E-state index contributed by atoms with van der Waals surface area (Å²) >= 11 is 7.23. The third kappa shape index (κ3) is 6.16. The van der Waals surface area contributed by atoms with Gasteiger partial charge in [0.1, 0.15) is 5.75 Å². The van der Waals surface area contributed by atoms with Gasteiger partial charge < -0.3 is 14.0 Å². The molecule has 32 heavy (non-hydrogen) atoms. The number of benzene rings is 1. The topological polar surface area (TPSA) is 34.0 Å². The van der Waals surface area contributed by atoms with E-state index in [4.69, 9.17) is 4.74 Å². The summed E-state index contributed by atoms with van der Waals surface area (Å²) in [5.41, 5.74) is 3.50. The number of rotatable bonds is 11. The Morgan fingerprint density at radius 2 is 1.75 bits per heavy atom. The standard InChI is InChI=1S/C25H30Br2N2O2.ClH/c1-4-10-18-15-20-11-7-8-13-29(20)23(18)24(30)19-16-21(26)25(22(27)17-19)31-14-9-12-28(5-2)6-3;/h7-8,11,13,15-17H,4-6,9-10,12,14H2,1-3H3;1H. The van der Waals surface area contributed by atoms with Crippen molar-refractivity contribution in [1.29, 1.82) is 0 Å². The fraction of sp³-hybridized carbons (Fsp3) is 0.400. The van der Waals surface area contributed by atoms with Crippen LogP contribution in [0.25, 0.3) is 5.52 Å². The maximum atomic E-state index is 13.5. The lowest BCUT2D eigenvalue weighted by Gasteiger charge is -2.18. The highest BCUT2D eigenvalue weighted by atomic mass is 79.9. The molecular weight excluding hydrogens is 556 g/mol. The van der Waals surface area contributed by atoms with Crippen LogP contribution in [0.3, 0.4) is 0 Å². The molecule has 3 rings (SSSR count). The number of hydrogen-bond acceptors (Lipinski definition) is 3. The van der Waals surface area contributed by atoms with Crippen LogP contribution >= 0.6 is 44.3 Å². The molecule has 0 unspecified atom stereocenters. The second-order valence-corrected chi connectivity index (χ2v) is 9.30. The molecular formula is C25H31Br2ClN2O2. The quantitative estimate of drug-likeness (QED) is 0.176. The monoisotopic (exact) mass is 584 g/mol. The molecule has 0 bridgehead atoms. The zero-order valence-electron chi connectivity index (χ0n) is 18.9. The van der Waals surface area contributed by atoms with Crippen molar-refractivity contribution >= 4 is 55.6 Å². The molecule has 0 saturated heterocycles. The van der Waals surface area contributed by atoms with Gasteiger partial charge in [0.05, 0.1) is 21.2 Å². The lowest BCUT2D eigenvalue weighted by molar-refractivity contribution is 0.103. The number of carbonyl (C=O) groups is 1. The Hall–Kier alpha value is -1.34. The fourth-order valence-electron chi connectivity index (χ4n) is 3.86. The third-order valence-corrected chi connectivity index (χ3v) is 6.69. The van der Waals surface area contributed by atoms with Crippen LogP contribution in [0.2, 0.25) is 0 Å². The van der Waals surface area contributed by atoms with Gasteiger partial charge in [-0.25, -0.2) is 0 Å². The summed E-state index contributed by atoms with van der Waals surface area (Å²) in [6.45, 7) is 10.2. The summed E-state index contributed by atoms with van der Waals surface area (Å²) in [4.78, 5) is 15.9. The van der Waals surface area contributed by atoms with Gasteiger partial charge in [-0.3, -0.25) is 4.79 Å². The number of ether oxygens (including phenoxy) is 1. The number of pyridine rings is 1. The number of fused-ring (bicyclic) bond motifs is 1. The van der Waals surface area contributed by atoms with Crippen molar-refractivity contribution in [2.45, 2.75) is 40.0 Å². The molecule has 0 aliphatic carbocycles. The van der Waals surface area contributed by atoms with E-state index in [2.05, 4.69) is 63.6 Å². The van der Waals surface area contributed by atoms with Gasteiger partial charge in [-0.1, -0.05) is 33.3 Å². The highest BCUT2D eigenvalue weighted by molar-refractivity contribution is 9.11. The maximum Gasteiger partial charge on any atom is 0.210 e. The number of nitrogens with zero attached hydrogens (tertiary/aromatic N) is 2. The Labute approximate surface area is 214 Å². The summed E-state index contributed by atoms with van der Waals surface area (Å²) in [6, 6.07) is 11.8. The summed E-state index contributed by atoms with van der Waals surface area (Å²) in [6.07, 6.45) is 4.78. The largest absolute Gasteiger partial charge is 0.491 e. The first kappa shape index (κ1) is 26.9. The minimum absolute atomic E-state index is 0. The van der Waals surface area contributed by atoms with Crippen LogP contribution in [0.1, 0.15) is 55.2 Å². The molecule has 2 heterocycles. The normalized spacial score (nSPS) is 11.1. The highest BCUT2D eigenvalue weighted by Crippen LogP contribution is 2.36. The number of hydrogen-bond donors (Lipinski definition) is 0. The van der Waals surface area contributed by atoms with Gasteiger partial charge in [0.25, 0.3) is 0 Å². The fourth-order valence-corrected chi connectivity index (χ4v) is 5.28. The second kappa shape index (κ2) is 12.8. The van der Waals surface area contributed by atoms with E-state index in [0.717, 1.165) is 70.4 Å². The van der Waals surface area contributed by atoms with Crippen molar-refractivity contribution in [2.24, 2.45) is 0 Å². The first-order valence-corrected chi connectivity index (χ1v) is 12.6. The molecule has 0 spiro atoms. The van der Waals surface area contributed by atoms with Crippen LogP contribution in [0.15, 0.2) is 51.5 Å². The van der Waals surface area contributed by atoms with Gasteiger partial charge in [-0.15, -0.1) is 12.4 Å². The van der Waals surface area contributed by atoms with Gasteiger partial charge in [-0.05, 0) is 93.7 Å². The Kier molecular flexibility index (Phi) is 10.7. The summed E-state index contributed by atoms with van der Waals surface area (Å²) in [5.74, 6) is 0.758. The van der Waals surface area contributed by atoms with Crippen molar-refractivity contribution in [3.05, 3.63) is 68.4 Å². The zero-order chi connectivity index (χ0) is 22.4. The molecule has 7 heteroatoms. The van der Waals surface area contributed by atoms with Crippen LogP contribution in [0, 0.1) is 0 Å². The molecule has 0 N–H and O–H groups in total. The SMILES string of the molecule is CCCc1cc2ccccn2c1C(=O)c1cc(Br)c(OCCCN(CC)CC)c(Br)c1.Cl. The summed E-state index contributed by atoms with van der Waals surface area (Å²) in [5, 5.41) is 0. The Balaban J connectivity index is 0.00000363. The molecule has 0 amide bonds.